The molecule has 0 bridgehead atoms. The zero-order chi connectivity index (χ0) is 22.9. The fourth-order valence-corrected chi connectivity index (χ4v) is 6.47. The molecule has 1 N–H and O–H groups in total. The van der Waals surface area contributed by atoms with Gasteiger partial charge in [0.2, 0.25) is 0 Å². The maximum atomic E-state index is 13.1. The molecule has 1 saturated heterocycles. The van der Waals surface area contributed by atoms with Crippen LogP contribution < -0.4 is 5.63 Å². The number of nitrogens with zero attached hydrogens (tertiary/aromatic N) is 3. The first-order valence-corrected chi connectivity index (χ1v) is 12.9. The number of phenols is 1. The minimum Gasteiger partial charge on any atom is -0.508 e. The summed E-state index contributed by atoms with van der Waals surface area (Å²) in [5, 5.41) is 10.9. The summed E-state index contributed by atoms with van der Waals surface area (Å²) in [5.74, 6) is 0.126. The number of hydrogen-bond donors (Lipinski definition) is 1. The maximum Gasteiger partial charge on any atom is 0.336 e. The molecular formula is C23H33N3O5S. The molecule has 1 aliphatic heterocycles. The normalized spacial score (nSPS) is 19.7. The zero-order valence-electron chi connectivity index (χ0n) is 18.9. The Bertz CT molecular complexity index is 1120. The van der Waals surface area contributed by atoms with Gasteiger partial charge >= 0.3 is 5.63 Å². The Hall–Kier alpha value is -1.94. The lowest BCUT2D eigenvalue weighted by atomic mass is 9.96. The van der Waals surface area contributed by atoms with Crippen molar-refractivity contribution >= 4 is 21.2 Å². The molecule has 0 amide bonds. The van der Waals surface area contributed by atoms with Crippen LogP contribution in [-0.2, 0) is 23.2 Å². The number of fused-ring (bicyclic) bond motifs is 1. The third-order valence-electron chi connectivity index (χ3n) is 6.91. The molecule has 1 saturated carbocycles. The Kier molecular flexibility index (Phi) is 6.90. The first kappa shape index (κ1) is 23.2. The van der Waals surface area contributed by atoms with E-state index in [0.717, 1.165) is 42.2 Å². The van der Waals surface area contributed by atoms with Gasteiger partial charge in [-0.25, -0.2) is 4.79 Å². The highest BCUT2D eigenvalue weighted by atomic mass is 32.2. The fourth-order valence-electron chi connectivity index (χ4n) is 4.90. The molecule has 8 nitrogen and oxygen atoms in total. The number of rotatable bonds is 6. The van der Waals surface area contributed by atoms with Crippen molar-refractivity contribution < 1.29 is 17.9 Å². The van der Waals surface area contributed by atoms with Crippen molar-refractivity contribution in [3.63, 3.8) is 0 Å². The molecule has 0 atom stereocenters. The van der Waals surface area contributed by atoms with E-state index in [2.05, 4.69) is 4.90 Å². The van der Waals surface area contributed by atoms with Crippen molar-refractivity contribution in [2.24, 2.45) is 0 Å². The molecule has 4 rings (SSSR count). The molecule has 0 radical (unpaired) electrons. The van der Waals surface area contributed by atoms with E-state index in [1.807, 2.05) is 13.0 Å². The Morgan fingerprint density at radius 2 is 1.75 bits per heavy atom. The summed E-state index contributed by atoms with van der Waals surface area (Å²) in [5.41, 5.74) is 1.56. The standard InChI is InChI=1S/C23H33N3O5S/c1-3-17-13-20-18(14-23(28)31-22(20)15-21(17)27)16-25-9-11-26(12-10-25)32(29,30)24(2)19-7-5-4-6-8-19/h13-15,19,27H,3-12,16H2,1-2H3. The molecule has 0 spiro atoms. The van der Waals surface area contributed by atoms with Crippen LogP contribution >= 0.6 is 0 Å². The minimum absolute atomic E-state index is 0.103. The van der Waals surface area contributed by atoms with E-state index in [9.17, 15) is 18.3 Å². The van der Waals surface area contributed by atoms with E-state index >= 15 is 0 Å². The van der Waals surface area contributed by atoms with Crippen LogP contribution in [0.4, 0.5) is 0 Å². The smallest absolute Gasteiger partial charge is 0.336 e. The fraction of sp³-hybridized carbons (Fsp3) is 0.609. The van der Waals surface area contributed by atoms with Crippen LogP contribution in [0.25, 0.3) is 11.0 Å². The first-order chi connectivity index (χ1) is 15.3. The van der Waals surface area contributed by atoms with Crippen LogP contribution in [0, 0.1) is 0 Å². The summed E-state index contributed by atoms with van der Waals surface area (Å²) >= 11 is 0. The van der Waals surface area contributed by atoms with E-state index in [0.29, 0.717) is 44.7 Å². The summed E-state index contributed by atoms with van der Waals surface area (Å²) in [6, 6.07) is 4.98. The molecule has 2 aliphatic rings. The predicted molar refractivity (Wildman–Crippen MR) is 124 cm³/mol. The van der Waals surface area contributed by atoms with Crippen LogP contribution in [0.3, 0.4) is 0 Å². The summed E-state index contributed by atoms with van der Waals surface area (Å²) in [6.45, 7) is 4.54. The lowest BCUT2D eigenvalue weighted by Gasteiger charge is -2.38. The van der Waals surface area contributed by atoms with Gasteiger partial charge in [-0.15, -0.1) is 0 Å². The summed E-state index contributed by atoms with van der Waals surface area (Å²) in [4.78, 5) is 14.2. The van der Waals surface area contributed by atoms with Crippen molar-refractivity contribution in [1.29, 1.82) is 0 Å². The molecule has 32 heavy (non-hydrogen) atoms. The molecule has 1 aromatic heterocycles. The van der Waals surface area contributed by atoms with E-state index in [-0.39, 0.29) is 11.8 Å². The van der Waals surface area contributed by atoms with Crippen LogP contribution in [0.5, 0.6) is 5.75 Å². The number of hydrogen-bond acceptors (Lipinski definition) is 6. The predicted octanol–water partition coefficient (Wildman–Crippen LogP) is 2.69. The molecule has 2 heterocycles. The SMILES string of the molecule is CCc1cc2c(CN3CCN(S(=O)(=O)N(C)C4CCCCC4)CC3)cc(=O)oc2cc1O. The van der Waals surface area contributed by atoms with Gasteiger partial charge in [-0.2, -0.15) is 17.0 Å². The van der Waals surface area contributed by atoms with Gasteiger partial charge in [0.15, 0.2) is 0 Å². The highest BCUT2D eigenvalue weighted by molar-refractivity contribution is 7.86. The molecule has 1 aromatic carbocycles. The monoisotopic (exact) mass is 463 g/mol. The van der Waals surface area contributed by atoms with Crippen LogP contribution in [0.15, 0.2) is 27.4 Å². The van der Waals surface area contributed by atoms with Gasteiger partial charge in [0.1, 0.15) is 11.3 Å². The van der Waals surface area contributed by atoms with Crippen LogP contribution in [-0.4, -0.2) is 66.3 Å². The second kappa shape index (κ2) is 9.51. The molecule has 176 valence electrons. The van der Waals surface area contributed by atoms with Gasteiger partial charge in [0.05, 0.1) is 0 Å². The summed E-state index contributed by atoms with van der Waals surface area (Å²) < 4.78 is 34.7. The quantitative estimate of drug-likeness (QED) is 0.662. The number of aryl methyl sites for hydroxylation is 1. The molecule has 2 fully saturated rings. The molecule has 0 unspecified atom stereocenters. The van der Waals surface area contributed by atoms with Gasteiger partial charge in [0.25, 0.3) is 10.2 Å². The van der Waals surface area contributed by atoms with E-state index in [1.54, 1.807) is 15.7 Å². The van der Waals surface area contributed by atoms with Crippen molar-refractivity contribution in [2.75, 3.05) is 33.2 Å². The Balaban J connectivity index is 1.46. The van der Waals surface area contributed by atoms with Crippen molar-refractivity contribution in [2.45, 2.75) is 58.0 Å². The van der Waals surface area contributed by atoms with Gasteiger partial charge in [-0.1, -0.05) is 26.2 Å². The number of aromatic hydroxyl groups is 1. The van der Waals surface area contributed by atoms with Gasteiger partial charge in [0, 0.05) is 63.3 Å². The molecule has 1 aliphatic carbocycles. The van der Waals surface area contributed by atoms with Crippen molar-refractivity contribution in [3.8, 4) is 5.75 Å². The zero-order valence-corrected chi connectivity index (χ0v) is 19.7. The Morgan fingerprint density at radius 3 is 2.41 bits per heavy atom. The van der Waals surface area contributed by atoms with Crippen molar-refractivity contribution in [3.05, 3.63) is 39.7 Å². The third kappa shape index (κ3) is 4.71. The average molecular weight is 464 g/mol. The highest BCUT2D eigenvalue weighted by Gasteiger charge is 2.34. The van der Waals surface area contributed by atoms with E-state index in [4.69, 9.17) is 4.42 Å². The highest BCUT2D eigenvalue weighted by Crippen LogP contribution is 2.28. The number of piperazine rings is 1. The van der Waals surface area contributed by atoms with Crippen molar-refractivity contribution in [1.82, 2.24) is 13.5 Å². The topological polar surface area (TPSA) is 94.3 Å². The first-order valence-electron chi connectivity index (χ1n) is 11.5. The summed E-state index contributed by atoms with van der Waals surface area (Å²) in [6.07, 6.45) is 5.92. The van der Waals surface area contributed by atoms with Crippen LogP contribution in [0.2, 0.25) is 0 Å². The lowest BCUT2D eigenvalue weighted by molar-refractivity contribution is 0.170. The van der Waals surface area contributed by atoms with E-state index < -0.39 is 15.8 Å². The average Bonchev–Trinajstić information content (AvgIpc) is 2.79. The van der Waals surface area contributed by atoms with Gasteiger partial charge in [-0.05, 0) is 36.5 Å². The molecule has 9 heteroatoms. The minimum atomic E-state index is -3.47. The second-order valence-corrected chi connectivity index (χ2v) is 10.9. The second-order valence-electron chi connectivity index (χ2n) is 8.91. The van der Waals surface area contributed by atoms with E-state index in [1.165, 1.54) is 18.6 Å². The number of benzene rings is 1. The Morgan fingerprint density at radius 1 is 1.06 bits per heavy atom. The lowest BCUT2D eigenvalue weighted by Crippen LogP contribution is -2.54. The Labute approximate surface area is 189 Å². The maximum absolute atomic E-state index is 13.1. The number of phenolic OH excluding ortho intramolecular Hbond substituents is 1. The van der Waals surface area contributed by atoms with Crippen LogP contribution in [0.1, 0.15) is 50.2 Å². The molecule has 2 aromatic rings. The van der Waals surface area contributed by atoms with Gasteiger partial charge in [-0.3, -0.25) is 4.90 Å². The molecular weight excluding hydrogens is 430 g/mol. The van der Waals surface area contributed by atoms with Gasteiger partial charge < -0.3 is 9.52 Å². The largest absolute Gasteiger partial charge is 0.508 e. The third-order valence-corrected chi connectivity index (χ3v) is 8.96. The summed E-state index contributed by atoms with van der Waals surface area (Å²) in [7, 11) is -1.75.